The van der Waals surface area contributed by atoms with E-state index in [0.717, 1.165) is 135 Å². The van der Waals surface area contributed by atoms with Crippen LogP contribution in [0.25, 0.3) is 0 Å². The zero-order chi connectivity index (χ0) is 50.7. The van der Waals surface area contributed by atoms with E-state index in [4.69, 9.17) is 14.2 Å². The van der Waals surface area contributed by atoms with Crippen LogP contribution in [0.4, 0.5) is 0 Å². The fourth-order valence-corrected chi connectivity index (χ4v) is 7.49. The van der Waals surface area contributed by atoms with Crippen molar-refractivity contribution in [2.45, 2.75) is 252 Å². The second kappa shape index (κ2) is 57.4. The lowest BCUT2D eigenvalue weighted by molar-refractivity contribution is -0.167. The average molecular weight is 970 g/mol. The SMILES string of the molecule is CC/C=C\C/C=C\C/C=C\C/C=C\C/C=C\C/C=C\C/C=C\CCCCCCCCCC(=O)OCC(COC(=O)CCCCCCCCCCCC)OC(=O)CCCCC/C=C\C/C=C\C/C=C\CC. The molecule has 0 aromatic heterocycles. The van der Waals surface area contributed by atoms with Crippen LogP contribution in [0, 0.1) is 0 Å². The fraction of sp³-hybridized carbons (Fsp3) is 0.641. The molecule has 0 aliphatic heterocycles. The van der Waals surface area contributed by atoms with E-state index in [-0.39, 0.29) is 37.5 Å². The third kappa shape index (κ3) is 54.7. The molecule has 1 atom stereocenters. The Bertz CT molecular complexity index is 1490. The second-order valence-corrected chi connectivity index (χ2v) is 18.4. The van der Waals surface area contributed by atoms with Gasteiger partial charge in [0.1, 0.15) is 13.2 Å². The molecule has 0 aliphatic rings. The first-order valence-electron chi connectivity index (χ1n) is 28.5. The molecule has 1 unspecified atom stereocenters. The number of carbonyl (C=O) groups is 3. The Hall–Kier alpha value is -4.19. The summed E-state index contributed by atoms with van der Waals surface area (Å²) in [7, 11) is 0. The highest BCUT2D eigenvalue weighted by Gasteiger charge is 2.19. The Morgan fingerprint density at radius 2 is 0.557 bits per heavy atom. The maximum Gasteiger partial charge on any atom is 0.306 e. The smallest absolute Gasteiger partial charge is 0.306 e. The molecule has 0 aromatic rings. The minimum Gasteiger partial charge on any atom is -0.462 e. The third-order valence-corrected chi connectivity index (χ3v) is 11.7. The first-order valence-corrected chi connectivity index (χ1v) is 28.5. The van der Waals surface area contributed by atoms with E-state index in [9.17, 15) is 14.4 Å². The summed E-state index contributed by atoms with van der Waals surface area (Å²) in [5.74, 6) is -0.941. The van der Waals surface area contributed by atoms with Crippen LogP contribution in [0.15, 0.2) is 122 Å². The lowest BCUT2D eigenvalue weighted by atomic mass is 10.1. The van der Waals surface area contributed by atoms with Crippen molar-refractivity contribution < 1.29 is 28.6 Å². The summed E-state index contributed by atoms with van der Waals surface area (Å²) in [5.41, 5.74) is 0. The summed E-state index contributed by atoms with van der Waals surface area (Å²) < 4.78 is 16.8. The highest BCUT2D eigenvalue weighted by molar-refractivity contribution is 5.71. The Balaban J connectivity index is 4.28. The van der Waals surface area contributed by atoms with E-state index >= 15 is 0 Å². The van der Waals surface area contributed by atoms with Gasteiger partial charge in [-0.15, -0.1) is 0 Å². The minimum absolute atomic E-state index is 0.0942. The number of allylic oxidation sites excluding steroid dienone is 20. The molecular weight excluding hydrogens is 865 g/mol. The lowest BCUT2D eigenvalue weighted by Gasteiger charge is -2.18. The summed E-state index contributed by atoms with van der Waals surface area (Å²) in [5, 5.41) is 0. The van der Waals surface area contributed by atoms with E-state index in [2.05, 4.69) is 142 Å². The predicted octanol–water partition coefficient (Wildman–Crippen LogP) is 19.3. The number of hydrogen-bond donors (Lipinski definition) is 0. The molecule has 0 spiro atoms. The van der Waals surface area contributed by atoms with Crippen LogP contribution in [0.2, 0.25) is 0 Å². The molecule has 6 nitrogen and oxygen atoms in total. The first-order chi connectivity index (χ1) is 34.5. The molecule has 0 bridgehead atoms. The van der Waals surface area contributed by atoms with Crippen molar-refractivity contribution in [2.75, 3.05) is 13.2 Å². The Morgan fingerprint density at radius 1 is 0.300 bits per heavy atom. The first kappa shape index (κ1) is 65.8. The highest BCUT2D eigenvalue weighted by Crippen LogP contribution is 2.14. The lowest BCUT2D eigenvalue weighted by Crippen LogP contribution is -2.30. The molecule has 70 heavy (non-hydrogen) atoms. The highest BCUT2D eigenvalue weighted by atomic mass is 16.6. The van der Waals surface area contributed by atoms with Gasteiger partial charge in [-0.25, -0.2) is 0 Å². The molecule has 0 aliphatic carbocycles. The van der Waals surface area contributed by atoms with Gasteiger partial charge in [0.2, 0.25) is 0 Å². The van der Waals surface area contributed by atoms with Crippen molar-refractivity contribution in [1.29, 1.82) is 0 Å². The normalized spacial score (nSPS) is 13.0. The van der Waals surface area contributed by atoms with Crippen LogP contribution in [0.5, 0.6) is 0 Å². The Kier molecular flexibility index (Phi) is 54.0. The van der Waals surface area contributed by atoms with Crippen LogP contribution in [-0.4, -0.2) is 37.2 Å². The summed E-state index contributed by atoms with van der Waals surface area (Å²) in [6, 6.07) is 0. The van der Waals surface area contributed by atoms with Crippen LogP contribution < -0.4 is 0 Å². The van der Waals surface area contributed by atoms with E-state index in [0.29, 0.717) is 12.8 Å². The second-order valence-electron chi connectivity index (χ2n) is 18.4. The molecule has 0 N–H and O–H groups in total. The van der Waals surface area contributed by atoms with Crippen LogP contribution >= 0.6 is 0 Å². The summed E-state index contributed by atoms with van der Waals surface area (Å²) >= 11 is 0. The topological polar surface area (TPSA) is 78.9 Å². The van der Waals surface area contributed by atoms with Gasteiger partial charge in [-0.2, -0.15) is 0 Å². The molecule has 396 valence electrons. The molecule has 0 fully saturated rings. The van der Waals surface area contributed by atoms with Gasteiger partial charge in [-0.05, 0) is 109 Å². The number of unbranched alkanes of at least 4 members (excludes halogenated alkanes) is 19. The summed E-state index contributed by atoms with van der Waals surface area (Å²) in [4.78, 5) is 38.0. The molecule has 0 aromatic carbocycles. The number of carbonyl (C=O) groups excluding carboxylic acids is 3. The van der Waals surface area contributed by atoms with Crippen molar-refractivity contribution in [3.8, 4) is 0 Å². The molecule has 0 amide bonds. The maximum absolute atomic E-state index is 12.8. The zero-order valence-corrected chi connectivity index (χ0v) is 45.2. The van der Waals surface area contributed by atoms with Crippen molar-refractivity contribution in [3.63, 3.8) is 0 Å². The van der Waals surface area contributed by atoms with Gasteiger partial charge in [-0.3, -0.25) is 14.4 Å². The van der Waals surface area contributed by atoms with Crippen LogP contribution in [-0.2, 0) is 28.6 Å². The van der Waals surface area contributed by atoms with Gasteiger partial charge in [-0.1, -0.05) is 239 Å². The van der Waals surface area contributed by atoms with E-state index < -0.39 is 6.10 Å². The number of hydrogen-bond acceptors (Lipinski definition) is 6. The monoisotopic (exact) mass is 969 g/mol. The predicted molar refractivity (Wildman–Crippen MR) is 302 cm³/mol. The molecule has 0 radical (unpaired) electrons. The number of esters is 3. The van der Waals surface area contributed by atoms with Gasteiger partial charge >= 0.3 is 17.9 Å². The van der Waals surface area contributed by atoms with Gasteiger partial charge in [0.25, 0.3) is 0 Å². The molecule has 0 saturated heterocycles. The van der Waals surface area contributed by atoms with Gasteiger partial charge in [0.05, 0.1) is 0 Å². The molecule has 0 saturated carbocycles. The van der Waals surface area contributed by atoms with Crippen molar-refractivity contribution in [1.82, 2.24) is 0 Å². The largest absolute Gasteiger partial charge is 0.462 e. The van der Waals surface area contributed by atoms with Crippen molar-refractivity contribution in [3.05, 3.63) is 122 Å². The number of rotatable bonds is 50. The standard InChI is InChI=1S/C64H104O6/c1-4-7-10-13-16-19-22-24-25-26-27-28-29-30-31-32-33-34-35-36-37-38-39-41-42-45-48-51-54-57-63(66)69-60-61(59-68-62(65)56-53-50-47-44-21-18-15-12-9-6-3)70-64(67)58-55-52-49-46-43-40-23-20-17-14-11-8-5-2/h7-8,10-11,16-17,19-20,24-25,27-28,30-31,33-34,36-37,40,43,61H,4-6,9,12-15,18,21-23,26,29,32,35,38-39,41-42,44-60H2,1-3H3/b10-7-,11-8-,19-16-,20-17-,25-24-,28-27-,31-30-,34-33-,37-36-,43-40-. The third-order valence-electron chi connectivity index (χ3n) is 11.7. The summed E-state index contributed by atoms with van der Waals surface area (Å²) in [6.45, 7) is 6.35. The van der Waals surface area contributed by atoms with Crippen LogP contribution in [0.1, 0.15) is 245 Å². The molecule has 6 heteroatoms. The average Bonchev–Trinajstić information content (AvgIpc) is 3.36. The molecule has 0 heterocycles. The maximum atomic E-state index is 12.8. The van der Waals surface area contributed by atoms with Gasteiger partial charge < -0.3 is 14.2 Å². The minimum atomic E-state index is -0.798. The molecule has 0 rings (SSSR count). The fourth-order valence-electron chi connectivity index (χ4n) is 7.49. The van der Waals surface area contributed by atoms with Gasteiger partial charge in [0, 0.05) is 19.3 Å². The van der Waals surface area contributed by atoms with E-state index in [1.807, 2.05) is 0 Å². The molecular formula is C64H104O6. The van der Waals surface area contributed by atoms with Crippen LogP contribution in [0.3, 0.4) is 0 Å². The van der Waals surface area contributed by atoms with Crippen molar-refractivity contribution in [2.24, 2.45) is 0 Å². The van der Waals surface area contributed by atoms with E-state index in [1.165, 1.54) is 70.6 Å². The van der Waals surface area contributed by atoms with Gasteiger partial charge in [0.15, 0.2) is 6.10 Å². The Labute approximate surface area is 431 Å². The summed E-state index contributed by atoms with van der Waals surface area (Å²) in [6.07, 6.45) is 79.2. The Morgan fingerprint density at radius 3 is 0.886 bits per heavy atom. The van der Waals surface area contributed by atoms with Crippen molar-refractivity contribution >= 4 is 17.9 Å². The zero-order valence-electron chi connectivity index (χ0n) is 45.2. The number of ether oxygens (including phenoxy) is 3. The van der Waals surface area contributed by atoms with E-state index in [1.54, 1.807) is 0 Å². The quantitative estimate of drug-likeness (QED) is 0.0262.